The summed E-state index contributed by atoms with van der Waals surface area (Å²) in [6, 6.07) is 10.4. The summed E-state index contributed by atoms with van der Waals surface area (Å²) in [5.41, 5.74) is 1.28. The van der Waals surface area contributed by atoms with Gasteiger partial charge in [-0.05, 0) is 19.4 Å². The Morgan fingerprint density at radius 2 is 2.00 bits per heavy atom. The number of nitrogens with one attached hydrogen (secondary N) is 1. The molecule has 0 saturated heterocycles. The second kappa shape index (κ2) is 6.46. The van der Waals surface area contributed by atoms with Gasteiger partial charge in [0.2, 0.25) is 0 Å². The lowest BCUT2D eigenvalue weighted by Crippen LogP contribution is -2.43. The van der Waals surface area contributed by atoms with Crippen molar-refractivity contribution in [3.63, 3.8) is 0 Å². The molecule has 1 aromatic rings. The fourth-order valence-corrected chi connectivity index (χ4v) is 1.39. The van der Waals surface area contributed by atoms with E-state index in [0.717, 1.165) is 6.54 Å². The zero-order chi connectivity index (χ0) is 11.9. The molecule has 88 valence electrons. The molecule has 0 heterocycles. The number of hydrogen-bond donors (Lipinski definition) is 1. The topological polar surface area (TPSA) is 21.3 Å². The van der Waals surface area contributed by atoms with Crippen molar-refractivity contribution in [3.8, 4) is 0 Å². The third-order valence-corrected chi connectivity index (χ3v) is 2.31. The van der Waals surface area contributed by atoms with Crippen LogP contribution in [-0.2, 0) is 11.3 Å². The normalized spacial score (nSPS) is 11.4. The van der Waals surface area contributed by atoms with E-state index in [-0.39, 0.29) is 5.54 Å². The van der Waals surface area contributed by atoms with Crippen LogP contribution in [0.2, 0.25) is 0 Å². The van der Waals surface area contributed by atoms with Gasteiger partial charge >= 0.3 is 0 Å². The summed E-state index contributed by atoms with van der Waals surface area (Å²) in [5.74, 6) is 0. The van der Waals surface area contributed by atoms with Crippen LogP contribution in [0.15, 0.2) is 43.0 Å². The minimum Gasteiger partial charge on any atom is -0.376 e. The second-order valence-electron chi connectivity index (χ2n) is 4.53. The molecular formula is C14H21NO. The highest BCUT2D eigenvalue weighted by Crippen LogP contribution is 2.06. The third-order valence-electron chi connectivity index (χ3n) is 2.31. The van der Waals surface area contributed by atoms with Crippen molar-refractivity contribution in [2.24, 2.45) is 0 Å². The van der Waals surface area contributed by atoms with Crippen LogP contribution in [0.4, 0.5) is 0 Å². The molecule has 0 spiro atoms. The molecule has 0 amide bonds. The maximum atomic E-state index is 5.46. The summed E-state index contributed by atoms with van der Waals surface area (Å²) in [7, 11) is 0. The van der Waals surface area contributed by atoms with Crippen molar-refractivity contribution in [1.82, 2.24) is 5.32 Å². The molecule has 0 bridgehead atoms. The molecule has 1 N–H and O–H groups in total. The largest absolute Gasteiger partial charge is 0.376 e. The molecule has 0 radical (unpaired) electrons. The number of rotatable bonds is 7. The lowest BCUT2D eigenvalue weighted by atomic mass is 10.1. The van der Waals surface area contributed by atoms with E-state index >= 15 is 0 Å². The Morgan fingerprint density at radius 1 is 1.31 bits per heavy atom. The highest BCUT2D eigenvalue weighted by Gasteiger charge is 2.16. The predicted octanol–water partition coefficient (Wildman–Crippen LogP) is 2.76. The summed E-state index contributed by atoms with van der Waals surface area (Å²) < 4.78 is 5.46. The summed E-state index contributed by atoms with van der Waals surface area (Å²) in [6.07, 6.45) is 1.77. The van der Waals surface area contributed by atoms with E-state index in [1.165, 1.54) is 5.56 Å². The van der Waals surface area contributed by atoms with Crippen LogP contribution >= 0.6 is 0 Å². The van der Waals surface area contributed by atoms with Gasteiger partial charge in [-0.2, -0.15) is 0 Å². The molecule has 0 aliphatic heterocycles. The third kappa shape index (κ3) is 5.10. The average Bonchev–Trinajstić information content (AvgIpc) is 2.28. The maximum absolute atomic E-state index is 5.46. The number of benzene rings is 1. The summed E-state index contributed by atoms with van der Waals surface area (Å²) in [4.78, 5) is 0. The molecule has 1 rings (SSSR count). The quantitative estimate of drug-likeness (QED) is 0.562. The summed E-state index contributed by atoms with van der Waals surface area (Å²) >= 11 is 0. The van der Waals surface area contributed by atoms with E-state index in [1.54, 1.807) is 6.08 Å². The van der Waals surface area contributed by atoms with Crippen LogP contribution in [0.3, 0.4) is 0 Å². The Bertz CT molecular complexity index is 306. The molecule has 0 atom stereocenters. The minimum absolute atomic E-state index is 0.0150. The van der Waals surface area contributed by atoms with E-state index in [1.807, 2.05) is 6.07 Å². The van der Waals surface area contributed by atoms with Gasteiger partial charge in [-0.3, -0.25) is 0 Å². The van der Waals surface area contributed by atoms with Crippen molar-refractivity contribution in [1.29, 1.82) is 0 Å². The van der Waals surface area contributed by atoms with Gasteiger partial charge in [-0.15, -0.1) is 6.58 Å². The molecule has 16 heavy (non-hydrogen) atoms. The van der Waals surface area contributed by atoms with Gasteiger partial charge in [0.15, 0.2) is 0 Å². The van der Waals surface area contributed by atoms with Gasteiger partial charge in [-0.25, -0.2) is 0 Å². The fourth-order valence-electron chi connectivity index (χ4n) is 1.39. The van der Waals surface area contributed by atoms with E-state index in [2.05, 4.69) is 50.0 Å². The lowest BCUT2D eigenvalue weighted by Gasteiger charge is -2.26. The van der Waals surface area contributed by atoms with E-state index in [4.69, 9.17) is 4.74 Å². The van der Waals surface area contributed by atoms with Crippen molar-refractivity contribution in [3.05, 3.63) is 48.6 Å². The smallest absolute Gasteiger partial charge is 0.0647 e. The van der Waals surface area contributed by atoms with E-state index < -0.39 is 0 Å². The Labute approximate surface area is 98.3 Å². The van der Waals surface area contributed by atoms with E-state index in [0.29, 0.717) is 13.2 Å². The van der Waals surface area contributed by atoms with Crippen LogP contribution < -0.4 is 5.32 Å². The van der Waals surface area contributed by atoms with Crippen LogP contribution in [0.5, 0.6) is 0 Å². The molecule has 0 fully saturated rings. The molecule has 0 aliphatic rings. The second-order valence-corrected chi connectivity index (χ2v) is 4.53. The Morgan fingerprint density at radius 3 is 2.62 bits per heavy atom. The van der Waals surface area contributed by atoms with Gasteiger partial charge in [-0.1, -0.05) is 36.4 Å². The monoisotopic (exact) mass is 219 g/mol. The van der Waals surface area contributed by atoms with Crippen LogP contribution in [0.1, 0.15) is 19.4 Å². The van der Waals surface area contributed by atoms with Crippen molar-refractivity contribution < 1.29 is 4.74 Å². The average molecular weight is 219 g/mol. The first-order chi connectivity index (χ1) is 7.64. The fraction of sp³-hybridized carbons (Fsp3) is 0.429. The van der Waals surface area contributed by atoms with Gasteiger partial charge in [0.05, 0.1) is 13.2 Å². The first-order valence-electron chi connectivity index (χ1n) is 5.62. The zero-order valence-corrected chi connectivity index (χ0v) is 10.2. The standard InChI is InChI=1S/C14H21NO/c1-4-10-16-12-14(2,3)15-11-13-8-6-5-7-9-13/h4-9,15H,1,10-12H2,2-3H3. The summed E-state index contributed by atoms with van der Waals surface area (Å²) in [5, 5.41) is 3.47. The molecule has 1 aromatic carbocycles. The Kier molecular flexibility index (Phi) is 5.23. The van der Waals surface area contributed by atoms with Gasteiger partial charge in [0.1, 0.15) is 0 Å². The molecule has 0 unspecified atom stereocenters. The highest BCUT2D eigenvalue weighted by atomic mass is 16.5. The van der Waals surface area contributed by atoms with E-state index in [9.17, 15) is 0 Å². The van der Waals surface area contributed by atoms with Crippen molar-refractivity contribution in [2.45, 2.75) is 25.9 Å². The Balaban J connectivity index is 2.32. The molecule has 2 nitrogen and oxygen atoms in total. The van der Waals surface area contributed by atoms with Crippen LogP contribution in [0.25, 0.3) is 0 Å². The number of ether oxygens (including phenoxy) is 1. The van der Waals surface area contributed by atoms with Gasteiger partial charge in [0, 0.05) is 12.1 Å². The Hall–Kier alpha value is -1.12. The van der Waals surface area contributed by atoms with Crippen molar-refractivity contribution in [2.75, 3.05) is 13.2 Å². The lowest BCUT2D eigenvalue weighted by molar-refractivity contribution is 0.102. The highest BCUT2D eigenvalue weighted by molar-refractivity contribution is 5.14. The maximum Gasteiger partial charge on any atom is 0.0647 e. The molecule has 2 heteroatoms. The minimum atomic E-state index is -0.0150. The molecule has 0 saturated carbocycles. The molecule has 0 aromatic heterocycles. The zero-order valence-electron chi connectivity index (χ0n) is 10.2. The van der Waals surface area contributed by atoms with Crippen molar-refractivity contribution >= 4 is 0 Å². The first kappa shape index (κ1) is 12.9. The first-order valence-corrected chi connectivity index (χ1v) is 5.62. The van der Waals surface area contributed by atoms with Gasteiger partial charge < -0.3 is 10.1 Å². The SMILES string of the molecule is C=CCOCC(C)(C)NCc1ccccc1. The summed E-state index contributed by atoms with van der Waals surface area (Å²) in [6.45, 7) is 10.1. The molecule has 0 aliphatic carbocycles. The van der Waals surface area contributed by atoms with Crippen LogP contribution in [0, 0.1) is 0 Å². The number of hydrogen-bond acceptors (Lipinski definition) is 2. The predicted molar refractivity (Wildman–Crippen MR) is 68.4 cm³/mol. The van der Waals surface area contributed by atoms with Crippen LogP contribution in [-0.4, -0.2) is 18.8 Å². The van der Waals surface area contributed by atoms with Gasteiger partial charge in [0.25, 0.3) is 0 Å². The molecular weight excluding hydrogens is 198 g/mol.